The van der Waals surface area contributed by atoms with Gasteiger partial charge >= 0.3 is 0 Å². The fourth-order valence-corrected chi connectivity index (χ4v) is 2.54. The number of nitrogens with zero attached hydrogens (tertiary/aromatic N) is 2. The van der Waals surface area contributed by atoms with Gasteiger partial charge in [0.05, 0.1) is 16.6 Å². The molecule has 0 N–H and O–H groups in total. The highest BCUT2D eigenvalue weighted by Gasteiger charge is 2.28. The van der Waals surface area contributed by atoms with Crippen LogP contribution in [-0.4, -0.2) is 9.38 Å². The van der Waals surface area contributed by atoms with Crippen molar-refractivity contribution in [2.24, 2.45) is 0 Å². The third-order valence-electron chi connectivity index (χ3n) is 2.69. The van der Waals surface area contributed by atoms with Crippen LogP contribution in [-0.2, 0) is 3.79 Å². The highest BCUT2D eigenvalue weighted by Crippen LogP contribution is 2.40. The second-order valence-corrected chi connectivity index (χ2v) is 6.57. The predicted molar refractivity (Wildman–Crippen MR) is 76.9 cm³/mol. The van der Waals surface area contributed by atoms with Crippen LogP contribution in [0.2, 0.25) is 5.02 Å². The van der Waals surface area contributed by atoms with Gasteiger partial charge in [-0.15, -0.1) is 0 Å². The molecule has 2 heterocycles. The van der Waals surface area contributed by atoms with E-state index < -0.39 is 3.79 Å². The molecular weight excluding hydrogens is 314 g/mol. The summed E-state index contributed by atoms with van der Waals surface area (Å²) in [5.74, 6) is 0. The van der Waals surface area contributed by atoms with Crippen molar-refractivity contribution in [1.82, 2.24) is 9.38 Å². The average molecular weight is 320 g/mol. The Balaban J connectivity index is 2.51. The number of hydrogen-bond acceptors (Lipinski definition) is 1. The van der Waals surface area contributed by atoms with Gasteiger partial charge in [-0.25, -0.2) is 4.98 Å². The van der Waals surface area contributed by atoms with E-state index in [9.17, 15) is 0 Å². The fraction of sp³-hybridized carbons (Fsp3) is 0.0833. The SMILES string of the molecule is Clc1ccc2c(c1)nc(C(Cl)(Cl)Cl)c1cccn12. The minimum Gasteiger partial charge on any atom is -0.313 e. The van der Waals surface area contributed by atoms with Crippen LogP contribution in [0.1, 0.15) is 5.69 Å². The minimum atomic E-state index is -1.57. The molecule has 0 spiro atoms. The quantitative estimate of drug-likeness (QED) is 0.535. The Morgan fingerprint density at radius 3 is 2.56 bits per heavy atom. The molecule has 0 amide bonds. The van der Waals surface area contributed by atoms with Crippen LogP contribution < -0.4 is 0 Å². The van der Waals surface area contributed by atoms with E-state index in [1.807, 2.05) is 28.8 Å². The van der Waals surface area contributed by atoms with Crippen molar-refractivity contribution in [3.8, 4) is 0 Å². The van der Waals surface area contributed by atoms with Crippen molar-refractivity contribution in [2.75, 3.05) is 0 Å². The molecule has 3 aromatic rings. The molecule has 92 valence electrons. The number of alkyl halides is 3. The fourth-order valence-electron chi connectivity index (χ4n) is 1.96. The highest BCUT2D eigenvalue weighted by atomic mass is 35.6. The molecule has 6 heteroatoms. The number of benzene rings is 1. The molecule has 1 aromatic carbocycles. The maximum Gasteiger partial charge on any atom is 0.234 e. The van der Waals surface area contributed by atoms with Crippen molar-refractivity contribution in [3.05, 3.63) is 47.2 Å². The van der Waals surface area contributed by atoms with Crippen LogP contribution in [0.15, 0.2) is 36.5 Å². The zero-order valence-corrected chi connectivity index (χ0v) is 11.9. The van der Waals surface area contributed by atoms with Crippen molar-refractivity contribution in [3.63, 3.8) is 0 Å². The Hall–Kier alpha value is -0.670. The van der Waals surface area contributed by atoms with Crippen LogP contribution in [0.3, 0.4) is 0 Å². The van der Waals surface area contributed by atoms with Crippen LogP contribution in [0.25, 0.3) is 16.6 Å². The lowest BCUT2D eigenvalue weighted by atomic mass is 10.2. The molecule has 18 heavy (non-hydrogen) atoms. The van der Waals surface area contributed by atoms with Gasteiger partial charge in [-0.1, -0.05) is 46.4 Å². The summed E-state index contributed by atoms with van der Waals surface area (Å²) in [5.41, 5.74) is 2.77. The first-order chi connectivity index (χ1) is 8.47. The van der Waals surface area contributed by atoms with E-state index in [4.69, 9.17) is 46.4 Å². The smallest absolute Gasteiger partial charge is 0.234 e. The molecular formula is C12H6Cl4N2. The molecule has 0 radical (unpaired) electrons. The van der Waals surface area contributed by atoms with Gasteiger partial charge in [-0.2, -0.15) is 0 Å². The number of rotatable bonds is 0. The number of hydrogen-bond donors (Lipinski definition) is 0. The summed E-state index contributed by atoms with van der Waals surface area (Å²) in [6.45, 7) is 0. The van der Waals surface area contributed by atoms with Crippen LogP contribution in [0.4, 0.5) is 0 Å². The molecule has 0 aliphatic carbocycles. The van der Waals surface area contributed by atoms with E-state index in [0.29, 0.717) is 16.2 Å². The standard InChI is InChI=1S/C12H6Cl4N2/c13-7-3-4-9-8(6-7)17-11(12(14,15)16)10-2-1-5-18(9)10/h1-6H. The Labute approximate surface area is 123 Å². The van der Waals surface area contributed by atoms with E-state index in [1.165, 1.54) is 0 Å². The third kappa shape index (κ3) is 1.94. The highest BCUT2D eigenvalue weighted by molar-refractivity contribution is 6.67. The minimum absolute atomic E-state index is 0.396. The predicted octanol–water partition coefficient (Wildman–Crippen LogP) is 4.97. The van der Waals surface area contributed by atoms with Gasteiger partial charge in [0, 0.05) is 11.2 Å². The van der Waals surface area contributed by atoms with E-state index in [2.05, 4.69) is 4.98 Å². The van der Waals surface area contributed by atoms with Crippen LogP contribution >= 0.6 is 46.4 Å². The van der Waals surface area contributed by atoms with Gasteiger partial charge in [0.15, 0.2) is 0 Å². The van der Waals surface area contributed by atoms with Crippen molar-refractivity contribution in [1.29, 1.82) is 0 Å². The second-order valence-electron chi connectivity index (χ2n) is 3.85. The first-order valence-corrected chi connectivity index (χ1v) is 6.61. The molecule has 0 bridgehead atoms. The molecule has 0 saturated heterocycles. The van der Waals surface area contributed by atoms with Gasteiger partial charge in [0.1, 0.15) is 5.69 Å². The van der Waals surface area contributed by atoms with Crippen molar-refractivity contribution < 1.29 is 0 Å². The van der Waals surface area contributed by atoms with E-state index in [0.717, 1.165) is 11.0 Å². The summed E-state index contributed by atoms with van der Waals surface area (Å²) in [4.78, 5) is 4.41. The summed E-state index contributed by atoms with van der Waals surface area (Å²) in [6.07, 6.45) is 1.90. The molecule has 0 atom stereocenters. The van der Waals surface area contributed by atoms with E-state index in [-0.39, 0.29) is 0 Å². The number of halogens is 4. The number of aromatic nitrogens is 2. The molecule has 0 fully saturated rings. The number of fused-ring (bicyclic) bond motifs is 3. The molecule has 3 rings (SSSR count). The zero-order valence-electron chi connectivity index (χ0n) is 8.87. The topological polar surface area (TPSA) is 17.3 Å². The Kier molecular flexibility index (Phi) is 2.87. The van der Waals surface area contributed by atoms with Gasteiger partial charge < -0.3 is 4.40 Å². The molecule has 2 aromatic heterocycles. The largest absolute Gasteiger partial charge is 0.313 e. The Bertz CT molecular complexity index is 743. The summed E-state index contributed by atoms with van der Waals surface area (Å²) in [7, 11) is 0. The average Bonchev–Trinajstić information content (AvgIpc) is 2.74. The van der Waals surface area contributed by atoms with Gasteiger partial charge in [0.2, 0.25) is 3.79 Å². The maximum absolute atomic E-state index is 5.96. The van der Waals surface area contributed by atoms with Crippen molar-refractivity contribution >= 4 is 63.0 Å². The molecule has 0 saturated carbocycles. The second kappa shape index (κ2) is 4.17. The Morgan fingerprint density at radius 2 is 1.83 bits per heavy atom. The summed E-state index contributed by atoms with van der Waals surface area (Å²) >= 11 is 23.8. The summed E-state index contributed by atoms with van der Waals surface area (Å²) in [5, 5.41) is 0.594. The zero-order chi connectivity index (χ0) is 12.9. The lowest BCUT2D eigenvalue weighted by Gasteiger charge is -2.14. The molecule has 0 unspecified atom stereocenters. The molecule has 2 nitrogen and oxygen atoms in total. The van der Waals surface area contributed by atoms with Gasteiger partial charge in [0.25, 0.3) is 0 Å². The van der Waals surface area contributed by atoms with Gasteiger partial charge in [-0.05, 0) is 30.3 Å². The first kappa shape index (κ1) is 12.4. The lowest BCUT2D eigenvalue weighted by molar-refractivity contribution is 1.09. The van der Waals surface area contributed by atoms with Crippen LogP contribution in [0, 0.1) is 0 Å². The lowest BCUT2D eigenvalue weighted by Crippen LogP contribution is -2.07. The third-order valence-corrected chi connectivity index (χ3v) is 3.46. The monoisotopic (exact) mass is 318 g/mol. The Morgan fingerprint density at radius 1 is 1.06 bits per heavy atom. The van der Waals surface area contributed by atoms with Gasteiger partial charge in [-0.3, -0.25) is 0 Å². The van der Waals surface area contributed by atoms with Crippen LogP contribution in [0.5, 0.6) is 0 Å². The molecule has 0 aliphatic rings. The summed E-state index contributed by atoms with van der Waals surface area (Å²) in [6, 6.07) is 9.18. The van der Waals surface area contributed by atoms with Crippen molar-refractivity contribution in [2.45, 2.75) is 3.79 Å². The normalized spacial score (nSPS) is 12.4. The van der Waals surface area contributed by atoms with E-state index in [1.54, 1.807) is 12.1 Å². The van der Waals surface area contributed by atoms with E-state index >= 15 is 0 Å². The first-order valence-electron chi connectivity index (χ1n) is 5.10. The maximum atomic E-state index is 5.96. The molecule has 0 aliphatic heterocycles. The summed E-state index contributed by atoms with van der Waals surface area (Å²) < 4.78 is 0.353.